The molecule has 0 saturated carbocycles. The number of carbonyl (C=O) groups is 2. The molecule has 0 bridgehead atoms. The van der Waals surface area contributed by atoms with Crippen LogP contribution in [-0.4, -0.2) is 16.9 Å². The lowest BCUT2D eigenvalue weighted by molar-refractivity contribution is 0.0697. The van der Waals surface area contributed by atoms with Gasteiger partial charge in [-0.15, -0.1) is 0 Å². The number of carbonyl (C=O) groups excluding carboxylic acids is 1. The third-order valence-electron chi connectivity index (χ3n) is 1.37. The van der Waals surface area contributed by atoms with E-state index >= 15 is 0 Å². The second kappa shape index (κ2) is 3.17. The van der Waals surface area contributed by atoms with E-state index in [0.29, 0.717) is 0 Å². The Labute approximate surface area is 73.9 Å². The van der Waals surface area contributed by atoms with E-state index in [1.807, 2.05) is 0 Å². The van der Waals surface area contributed by atoms with Crippen LogP contribution in [0.3, 0.4) is 0 Å². The predicted molar refractivity (Wildman–Crippen MR) is 43.4 cm³/mol. The van der Waals surface area contributed by atoms with Crippen LogP contribution in [0.25, 0.3) is 0 Å². The molecule has 0 atom stereocenters. The molecule has 0 unspecified atom stereocenters. The summed E-state index contributed by atoms with van der Waals surface area (Å²) in [6.45, 7) is -2.74. The molecule has 0 aliphatic rings. The SMILES string of the molecule is [2H]C([2H])([2H])C(=O)c1cccc(C(=O)O)c1. The fourth-order valence-electron chi connectivity index (χ4n) is 0.793. The molecule has 0 fully saturated rings. The van der Waals surface area contributed by atoms with E-state index < -0.39 is 18.6 Å². The molecule has 12 heavy (non-hydrogen) atoms. The molecule has 0 amide bonds. The zero-order valence-electron chi connectivity index (χ0n) is 9.07. The first kappa shape index (κ1) is 5.09. The summed E-state index contributed by atoms with van der Waals surface area (Å²) in [5.74, 6) is -2.25. The molecule has 1 N–H and O–H groups in total. The lowest BCUT2D eigenvalue weighted by atomic mass is 10.1. The van der Waals surface area contributed by atoms with Crippen LogP contribution in [0.4, 0.5) is 0 Å². The van der Waals surface area contributed by atoms with Gasteiger partial charge in [0.2, 0.25) is 0 Å². The predicted octanol–water partition coefficient (Wildman–Crippen LogP) is 1.59. The minimum absolute atomic E-state index is 0.106. The molecule has 0 saturated heterocycles. The molecule has 0 heterocycles. The zero-order chi connectivity index (χ0) is 11.6. The second-order valence-electron chi connectivity index (χ2n) is 2.22. The summed E-state index contributed by atoms with van der Waals surface area (Å²) < 4.78 is 20.7. The average Bonchev–Trinajstić information content (AvgIpc) is 2.15. The number of hydrogen-bond donors (Lipinski definition) is 1. The van der Waals surface area contributed by atoms with Crippen molar-refractivity contribution in [3.05, 3.63) is 35.4 Å². The van der Waals surface area contributed by atoms with Gasteiger partial charge in [-0.05, 0) is 19.0 Å². The Morgan fingerprint density at radius 3 is 2.67 bits per heavy atom. The van der Waals surface area contributed by atoms with Gasteiger partial charge in [-0.2, -0.15) is 0 Å². The summed E-state index contributed by atoms with van der Waals surface area (Å²) in [5, 5.41) is 8.64. The minimum Gasteiger partial charge on any atom is -0.478 e. The van der Waals surface area contributed by atoms with E-state index in [2.05, 4.69) is 0 Å². The van der Waals surface area contributed by atoms with Crippen LogP contribution in [-0.2, 0) is 0 Å². The van der Waals surface area contributed by atoms with Crippen LogP contribution in [0, 0.1) is 0 Å². The van der Waals surface area contributed by atoms with Crippen LogP contribution in [0.2, 0.25) is 0 Å². The van der Waals surface area contributed by atoms with Gasteiger partial charge in [0.05, 0.1) is 5.56 Å². The van der Waals surface area contributed by atoms with Crippen molar-refractivity contribution in [2.45, 2.75) is 6.85 Å². The highest BCUT2D eigenvalue weighted by Gasteiger charge is 2.04. The standard InChI is InChI=1S/C9H8O3/c1-6(10)7-3-2-4-8(5-7)9(11)12/h2-5H,1H3,(H,11,12)/i1D3. The van der Waals surface area contributed by atoms with E-state index in [0.717, 1.165) is 6.07 Å². The smallest absolute Gasteiger partial charge is 0.335 e. The topological polar surface area (TPSA) is 54.4 Å². The van der Waals surface area contributed by atoms with Crippen molar-refractivity contribution >= 4 is 11.8 Å². The highest BCUT2D eigenvalue weighted by molar-refractivity contribution is 5.97. The molecule has 1 rings (SSSR count). The fraction of sp³-hybridized carbons (Fsp3) is 0.111. The van der Waals surface area contributed by atoms with E-state index in [4.69, 9.17) is 9.22 Å². The summed E-state index contributed by atoms with van der Waals surface area (Å²) >= 11 is 0. The van der Waals surface area contributed by atoms with Gasteiger partial charge in [0, 0.05) is 9.68 Å². The van der Waals surface area contributed by atoms with Crippen LogP contribution in [0.5, 0.6) is 0 Å². The van der Waals surface area contributed by atoms with Gasteiger partial charge in [-0.3, -0.25) is 4.79 Å². The van der Waals surface area contributed by atoms with Gasteiger partial charge >= 0.3 is 5.97 Å². The van der Waals surface area contributed by atoms with Gasteiger partial charge in [0.1, 0.15) is 0 Å². The molecular weight excluding hydrogens is 156 g/mol. The van der Waals surface area contributed by atoms with Crippen molar-refractivity contribution in [1.29, 1.82) is 0 Å². The van der Waals surface area contributed by atoms with Gasteiger partial charge in [-0.1, -0.05) is 12.1 Å². The monoisotopic (exact) mass is 167 g/mol. The first-order valence-corrected chi connectivity index (χ1v) is 3.20. The number of ketones is 1. The Bertz CT molecular complexity index is 409. The van der Waals surface area contributed by atoms with Crippen molar-refractivity contribution < 1.29 is 18.8 Å². The van der Waals surface area contributed by atoms with Crippen LogP contribution in [0.15, 0.2) is 24.3 Å². The Hall–Kier alpha value is -1.64. The van der Waals surface area contributed by atoms with Gasteiger partial charge in [0.15, 0.2) is 5.78 Å². The maximum atomic E-state index is 11.3. The fourth-order valence-corrected chi connectivity index (χ4v) is 0.793. The lowest BCUT2D eigenvalue weighted by Gasteiger charge is -1.96. The van der Waals surface area contributed by atoms with E-state index in [9.17, 15) is 9.59 Å². The Morgan fingerprint density at radius 1 is 1.42 bits per heavy atom. The maximum Gasteiger partial charge on any atom is 0.335 e. The highest BCUT2D eigenvalue weighted by Crippen LogP contribution is 2.05. The Kier molecular flexibility index (Phi) is 1.34. The molecule has 0 spiro atoms. The van der Waals surface area contributed by atoms with Gasteiger partial charge in [-0.25, -0.2) is 4.79 Å². The average molecular weight is 167 g/mol. The molecule has 1 aromatic rings. The van der Waals surface area contributed by atoms with Crippen molar-refractivity contribution in [3.63, 3.8) is 0 Å². The molecule has 62 valence electrons. The summed E-state index contributed by atoms with van der Waals surface area (Å²) in [4.78, 5) is 21.9. The third-order valence-corrected chi connectivity index (χ3v) is 1.37. The van der Waals surface area contributed by atoms with Gasteiger partial charge in [0.25, 0.3) is 0 Å². The van der Waals surface area contributed by atoms with Crippen LogP contribution < -0.4 is 0 Å². The summed E-state index contributed by atoms with van der Waals surface area (Å²) in [7, 11) is 0. The molecule has 0 aliphatic heterocycles. The Balaban J connectivity index is 3.12. The largest absolute Gasteiger partial charge is 0.478 e. The first-order valence-electron chi connectivity index (χ1n) is 4.70. The highest BCUT2D eigenvalue weighted by atomic mass is 16.4. The molecule has 3 nitrogen and oxygen atoms in total. The normalized spacial score (nSPS) is 14.2. The third kappa shape index (κ3) is 1.69. The number of carboxylic acids is 1. The molecule has 1 aromatic carbocycles. The number of hydrogen-bond acceptors (Lipinski definition) is 2. The van der Waals surface area contributed by atoms with Crippen LogP contribution in [0.1, 0.15) is 31.7 Å². The summed E-state index contributed by atoms with van der Waals surface area (Å²) in [5.41, 5.74) is -0.222. The molecular formula is C9H8O3. The molecule has 0 aliphatic carbocycles. The second-order valence-corrected chi connectivity index (χ2v) is 2.22. The van der Waals surface area contributed by atoms with Crippen molar-refractivity contribution in [3.8, 4) is 0 Å². The number of aromatic carboxylic acids is 1. The first-order chi connectivity index (χ1) is 6.82. The lowest BCUT2D eigenvalue weighted by Crippen LogP contribution is -1.99. The maximum absolute atomic E-state index is 11.3. The number of Topliss-reactive ketones (excluding diaryl/α,β-unsaturated/α-hetero) is 1. The number of rotatable bonds is 2. The van der Waals surface area contributed by atoms with E-state index in [1.54, 1.807) is 0 Å². The molecule has 3 heteroatoms. The number of benzene rings is 1. The summed E-state index contributed by atoms with van der Waals surface area (Å²) in [6, 6.07) is 4.96. The molecule has 0 radical (unpaired) electrons. The molecule has 0 aromatic heterocycles. The quantitative estimate of drug-likeness (QED) is 0.680. The van der Waals surface area contributed by atoms with E-state index in [-0.39, 0.29) is 11.1 Å². The van der Waals surface area contributed by atoms with Crippen molar-refractivity contribution in [2.75, 3.05) is 0 Å². The van der Waals surface area contributed by atoms with Crippen LogP contribution >= 0.6 is 0 Å². The van der Waals surface area contributed by atoms with E-state index in [1.165, 1.54) is 18.2 Å². The number of carboxylic acid groups (broad SMARTS) is 1. The van der Waals surface area contributed by atoms with Crippen molar-refractivity contribution in [2.24, 2.45) is 0 Å². The summed E-state index contributed by atoms with van der Waals surface area (Å²) in [6.07, 6.45) is 0. The minimum atomic E-state index is -2.74. The van der Waals surface area contributed by atoms with Crippen molar-refractivity contribution in [1.82, 2.24) is 0 Å². The zero-order valence-corrected chi connectivity index (χ0v) is 6.07. The Morgan fingerprint density at radius 2 is 2.08 bits per heavy atom. The van der Waals surface area contributed by atoms with Gasteiger partial charge < -0.3 is 5.11 Å².